The largest absolute Gasteiger partial charge is 0.382 e. The molecule has 1 aromatic carbocycles. The summed E-state index contributed by atoms with van der Waals surface area (Å²) in [5, 5.41) is 22.5. The van der Waals surface area contributed by atoms with E-state index in [9.17, 15) is 10.2 Å². The van der Waals surface area contributed by atoms with Gasteiger partial charge in [0, 0.05) is 37.9 Å². The summed E-state index contributed by atoms with van der Waals surface area (Å²) in [4.78, 5) is 6.25. The summed E-state index contributed by atoms with van der Waals surface area (Å²) in [6.45, 7) is 2.26. The molecule has 0 saturated carbocycles. The molecule has 0 amide bonds. The van der Waals surface area contributed by atoms with E-state index in [4.69, 9.17) is 0 Å². The highest BCUT2D eigenvalue weighted by Crippen LogP contribution is 2.46. The van der Waals surface area contributed by atoms with Gasteiger partial charge >= 0.3 is 0 Å². The Balaban J connectivity index is 1.21. The topological polar surface area (TPSA) is 40.5 Å². The first-order valence-corrected chi connectivity index (χ1v) is 18.8. The van der Waals surface area contributed by atoms with Crippen LogP contribution in [0.2, 0.25) is 0 Å². The number of thiophene rings is 4. The summed E-state index contributed by atoms with van der Waals surface area (Å²) in [5.41, 5.74) is 1.15. The molecule has 8 heteroatoms. The third-order valence-electron chi connectivity index (χ3n) is 7.09. The van der Waals surface area contributed by atoms with Crippen molar-refractivity contribution in [3.63, 3.8) is 0 Å². The molecule has 0 aliphatic heterocycles. The van der Waals surface area contributed by atoms with Gasteiger partial charge in [0.2, 0.25) is 0 Å². The van der Waals surface area contributed by atoms with E-state index in [1.807, 2.05) is 18.2 Å². The van der Waals surface area contributed by atoms with E-state index in [-0.39, 0.29) is 0 Å². The van der Waals surface area contributed by atoms with Crippen molar-refractivity contribution in [2.24, 2.45) is 0 Å². The van der Waals surface area contributed by atoms with Crippen LogP contribution in [0.1, 0.15) is 94.9 Å². The van der Waals surface area contributed by atoms with Crippen molar-refractivity contribution >= 4 is 86.6 Å². The SMILES string of the molecule is CCCCCCCCCCc1cc(Br)c(C(O)c2cc3sc(C(O)c4sc(-c5ccccc5)cc4Br)cc3s2)s1. The fourth-order valence-electron chi connectivity index (χ4n) is 4.89. The van der Waals surface area contributed by atoms with Crippen molar-refractivity contribution in [3.8, 4) is 10.4 Å². The number of rotatable bonds is 14. The number of fused-ring (bicyclic) bond motifs is 1. The first-order valence-electron chi connectivity index (χ1n) is 14.0. The van der Waals surface area contributed by atoms with Crippen molar-refractivity contribution in [3.05, 3.63) is 87.9 Å². The molecule has 0 radical (unpaired) electrons. The molecule has 0 spiro atoms. The van der Waals surface area contributed by atoms with Crippen molar-refractivity contribution in [1.29, 1.82) is 0 Å². The lowest BCUT2D eigenvalue weighted by atomic mass is 10.1. The molecule has 2 N–H and O–H groups in total. The molecule has 2 atom stereocenters. The zero-order valence-corrected chi connectivity index (χ0v) is 28.9. The van der Waals surface area contributed by atoms with Gasteiger partial charge in [0.1, 0.15) is 12.2 Å². The van der Waals surface area contributed by atoms with E-state index in [1.165, 1.54) is 56.2 Å². The molecule has 5 rings (SSSR count). The van der Waals surface area contributed by atoms with Gasteiger partial charge in [0.15, 0.2) is 0 Å². The molecule has 0 bridgehead atoms. The van der Waals surface area contributed by atoms with E-state index in [0.717, 1.165) is 54.7 Å². The molecule has 2 nitrogen and oxygen atoms in total. The van der Waals surface area contributed by atoms with Gasteiger partial charge in [-0.25, -0.2) is 0 Å². The third-order valence-corrected chi connectivity index (χ3v) is 13.8. The Morgan fingerprint density at radius 1 is 0.650 bits per heavy atom. The Labute approximate surface area is 270 Å². The molecule has 4 heterocycles. The molecule has 2 unspecified atom stereocenters. The maximum Gasteiger partial charge on any atom is 0.124 e. The van der Waals surface area contributed by atoms with Crippen LogP contribution in [-0.2, 0) is 6.42 Å². The van der Waals surface area contributed by atoms with E-state index in [0.29, 0.717) is 0 Å². The predicted octanol–water partition coefficient (Wildman–Crippen LogP) is 12.1. The average Bonchev–Trinajstić information content (AvgIpc) is 3.72. The lowest BCUT2D eigenvalue weighted by molar-refractivity contribution is 0.227. The molecule has 212 valence electrons. The molecular formula is C32H34Br2O2S4. The fourth-order valence-corrected chi connectivity index (χ4v) is 11.3. The number of unbranched alkanes of at least 4 members (excludes halogenated alkanes) is 7. The number of halogens is 2. The minimum Gasteiger partial charge on any atom is -0.382 e. The third kappa shape index (κ3) is 7.38. The monoisotopic (exact) mass is 736 g/mol. The van der Waals surface area contributed by atoms with Crippen LogP contribution < -0.4 is 0 Å². The molecule has 0 aliphatic carbocycles. The highest BCUT2D eigenvalue weighted by atomic mass is 79.9. The molecule has 0 aliphatic rings. The van der Waals surface area contributed by atoms with Gasteiger partial charge in [0.05, 0.1) is 9.75 Å². The standard InChI is InChI=1S/C32H34Br2O2S4/c1-2-3-4-5-6-7-8-12-15-21-16-22(33)31(37-21)29(35)27-18-25-26(38-27)19-28(39-25)30(36)32-23(34)17-24(40-32)20-13-10-9-11-14-20/h9-11,13-14,16-19,29-30,35-36H,2-8,12,15H2,1H3. The summed E-state index contributed by atoms with van der Waals surface area (Å²) in [6, 6.07) is 18.7. The van der Waals surface area contributed by atoms with Crippen LogP contribution in [0.5, 0.6) is 0 Å². The Hall–Kier alpha value is -0.840. The van der Waals surface area contributed by atoms with E-state index < -0.39 is 12.2 Å². The van der Waals surface area contributed by atoms with Crippen LogP contribution in [0.4, 0.5) is 0 Å². The van der Waals surface area contributed by atoms with Gasteiger partial charge in [-0.2, -0.15) is 0 Å². The van der Waals surface area contributed by atoms with E-state index in [1.54, 1.807) is 45.3 Å². The molecular weight excluding hydrogens is 704 g/mol. The van der Waals surface area contributed by atoms with Gasteiger partial charge in [0.25, 0.3) is 0 Å². The summed E-state index contributed by atoms with van der Waals surface area (Å²) in [6.07, 6.45) is 10.3. The van der Waals surface area contributed by atoms with Gasteiger partial charge < -0.3 is 10.2 Å². The van der Waals surface area contributed by atoms with Gasteiger partial charge in [-0.15, -0.1) is 45.3 Å². The minimum absolute atomic E-state index is 0.635. The van der Waals surface area contributed by atoms with Crippen LogP contribution in [0.25, 0.3) is 19.8 Å². The second-order valence-electron chi connectivity index (χ2n) is 10.2. The minimum atomic E-state index is -0.680. The lowest BCUT2D eigenvalue weighted by Crippen LogP contribution is -1.95. The van der Waals surface area contributed by atoms with Crippen molar-refractivity contribution in [2.45, 2.75) is 76.9 Å². The van der Waals surface area contributed by atoms with Crippen LogP contribution in [-0.4, -0.2) is 10.2 Å². The number of aryl methyl sites for hydroxylation is 1. The Bertz CT molecular complexity index is 1480. The summed E-state index contributed by atoms with van der Waals surface area (Å²) >= 11 is 13.9. The molecule has 4 aromatic heterocycles. The average molecular weight is 739 g/mol. The molecule has 5 aromatic rings. The maximum absolute atomic E-state index is 11.3. The number of aliphatic hydroxyl groups is 2. The highest BCUT2D eigenvalue weighted by molar-refractivity contribution is 9.11. The summed E-state index contributed by atoms with van der Waals surface area (Å²) in [5.74, 6) is 0. The van der Waals surface area contributed by atoms with Gasteiger partial charge in [-0.1, -0.05) is 82.2 Å². The van der Waals surface area contributed by atoms with Crippen LogP contribution in [0.15, 0.2) is 63.5 Å². The number of hydrogen-bond acceptors (Lipinski definition) is 6. The van der Waals surface area contributed by atoms with Crippen molar-refractivity contribution in [1.82, 2.24) is 0 Å². The first kappa shape index (κ1) is 30.6. The quantitative estimate of drug-likeness (QED) is 0.111. The Morgan fingerprint density at radius 2 is 1.20 bits per heavy atom. The molecule has 0 saturated heterocycles. The zero-order chi connectivity index (χ0) is 28.1. The first-order chi connectivity index (χ1) is 19.4. The maximum atomic E-state index is 11.3. The Morgan fingerprint density at radius 3 is 1.82 bits per heavy atom. The second-order valence-corrected chi connectivity index (χ2v) is 16.4. The summed E-state index contributed by atoms with van der Waals surface area (Å²) < 4.78 is 4.15. The molecule has 40 heavy (non-hydrogen) atoms. The van der Waals surface area contributed by atoms with Gasteiger partial charge in [-0.05, 0) is 74.5 Å². The van der Waals surface area contributed by atoms with E-state index >= 15 is 0 Å². The van der Waals surface area contributed by atoms with E-state index in [2.05, 4.69) is 75.2 Å². The van der Waals surface area contributed by atoms with Gasteiger partial charge in [-0.3, -0.25) is 0 Å². The highest BCUT2D eigenvalue weighted by Gasteiger charge is 2.24. The fraction of sp³-hybridized carbons (Fsp3) is 0.375. The van der Waals surface area contributed by atoms with Crippen LogP contribution in [0.3, 0.4) is 0 Å². The second kappa shape index (κ2) is 14.6. The van der Waals surface area contributed by atoms with Crippen LogP contribution in [0, 0.1) is 0 Å². The van der Waals surface area contributed by atoms with Crippen molar-refractivity contribution in [2.75, 3.05) is 0 Å². The Kier molecular flexibility index (Phi) is 11.1. The summed E-state index contributed by atoms with van der Waals surface area (Å²) in [7, 11) is 0. The van der Waals surface area contributed by atoms with Crippen LogP contribution >= 0.6 is 77.2 Å². The predicted molar refractivity (Wildman–Crippen MR) is 184 cm³/mol. The lowest BCUT2D eigenvalue weighted by Gasteiger charge is -2.08. The van der Waals surface area contributed by atoms with Crippen molar-refractivity contribution < 1.29 is 10.2 Å². The molecule has 0 fully saturated rings. The number of benzene rings is 1. The number of aliphatic hydroxyl groups excluding tert-OH is 2. The zero-order valence-electron chi connectivity index (χ0n) is 22.5. The normalized spacial score (nSPS) is 13.3. The number of hydrogen-bond donors (Lipinski definition) is 2. The smallest absolute Gasteiger partial charge is 0.124 e.